The summed E-state index contributed by atoms with van der Waals surface area (Å²) in [5.74, 6) is 1.64. The molecule has 1 aromatic heterocycles. The lowest BCUT2D eigenvalue weighted by Crippen LogP contribution is -2.23. The lowest BCUT2D eigenvalue weighted by atomic mass is 10.2. The van der Waals surface area contributed by atoms with Crippen LogP contribution in [-0.4, -0.2) is 39.5 Å². The molecule has 1 aliphatic heterocycles. The number of fused-ring (bicyclic) bond motifs is 1. The summed E-state index contributed by atoms with van der Waals surface area (Å²) in [6, 6.07) is 6.05. The molecule has 112 valence electrons. The number of nitrogens with zero attached hydrogens (tertiary/aromatic N) is 4. The van der Waals surface area contributed by atoms with E-state index in [1.54, 1.807) is 11.0 Å². The molecule has 0 spiro atoms. The predicted octanol–water partition coefficient (Wildman–Crippen LogP) is 1.81. The first-order valence-corrected chi connectivity index (χ1v) is 7.20. The molecular formula is C14H18N4O2S. The highest BCUT2D eigenvalue weighted by Crippen LogP contribution is 2.31. The average Bonchev–Trinajstić information content (AvgIpc) is 2.79. The third kappa shape index (κ3) is 3.08. The first-order valence-electron chi connectivity index (χ1n) is 6.79. The van der Waals surface area contributed by atoms with Crippen molar-refractivity contribution >= 4 is 12.2 Å². The second kappa shape index (κ2) is 5.87. The Morgan fingerprint density at radius 3 is 2.76 bits per heavy atom. The Labute approximate surface area is 128 Å². The second-order valence-corrected chi connectivity index (χ2v) is 5.52. The van der Waals surface area contributed by atoms with Crippen molar-refractivity contribution in [3.05, 3.63) is 34.9 Å². The van der Waals surface area contributed by atoms with E-state index in [1.807, 2.05) is 30.8 Å². The topological polar surface area (TPSA) is 44.5 Å². The standard InChI is InChI=1S/C14H18N4O2S/c1-16(10-18-14(21)17(2)9-15-18)8-11-3-4-12-13(7-11)20-6-5-19-12/h3-4,7,9H,5-6,8,10H2,1-2H3. The molecule has 0 fully saturated rings. The maximum absolute atomic E-state index is 5.61. The molecule has 0 radical (unpaired) electrons. The van der Waals surface area contributed by atoms with Crippen molar-refractivity contribution in [2.45, 2.75) is 13.2 Å². The van der Waals surface area contributed by atoms with Gasteiger partial charge in [-0.15, -0.1) is 0 Å². The molecule has 1 aliphatic rings. The molecule has 0 aliphatic carbocycles. The highest BCUT2D eigenvalue weighted by Gasteiger charge is 2.12. The maximum atomic E-state index is 5.61. The zero-order chi connectivity index (χ0) is 14.8. The Kier molecular flexibility index (Phi) is 3.94. The van der Waals surface area contributed by atoms with Crippen LogP contribution in [0.3, 0.4) is 0 Å². The Morgan fingerprint density at radius 1 is 1.29 bits per heavy atom. The molecule has 0 amide bonds. The van der Waals surface area contributed by atoms with E-state index in [1.165, 1.54) is 5.56 Å². The maximum Gasteiger partial charge on any atom is 0.198 e. The van der Waals surface area contributed by atoms with Crippen LogP contribution < -0.4 is 9.47 Å². The van der Waals surface area contributed by atoms with Gasteiger partial charge in [0.05, 0.1) is 6.67 Å². The van der Waals surface area contributed by atoms with E-state index < -0.39 is 0 Å². The van der Waals surface area contributed by atoms with Gasteiger partial charge in [0.15, 0.2) is 16.3 Å². The molecule has 6 nitrogen and oxygen atoms in total. The Hall–Kier alpha value is -1.86. The van der Waals surface area contributed by atoms with Crippen LogP contribution in [0.25, 0.3) is 0 Å². The van der Waals surface area contributed by atoms with Crippen molar-refractivity contribution in [1.29, 1.82) is 0 Å². The molecule has 7 heteroatoms. The van der Waals surface area contributed by atoms with Gasteiger partial charge in [-0.05, 0) is 37.0 Å². The first-order chi connectivity index (χ1) is 10.1. The second-order valence-electron chi connectivity index (χ2n) is 5.16. The van der Waals surface area contributed by atoms with Crippen LogP contribution in [0.15, 0.2) is 24.5 Å². The number of hydrogen-bond acceptors (Lipinski definition) is 5. The SMILES string of the molecule is CN(Cc1ccc2c(c1)OCCO2)Cn1ncn(C)c1=S. The fourth-order valence-corrected chi connectivity index (χ4v) is 2.45. The molecule has 0 N–H and O–H groups in total. The van der Waals surface area contributed by atoms with Gasteiger partial charge in [-0.3, -0.25) is 4.90 Å². The zero-order valence-electron chi connectivity index (χ0n) is 12.2. The van der Waals surface area contributed by atoms with Crippen LogP contribution in [-0.2, 0) is 20.3 Å². The highest BCUT2D eigenvalue weighted by molar-refractivity contribution is 7.71. The van der Waals surface area contributed by atoms with Crippen LogP contribution >= 0.6 is 12.2 Å². The molecule has 3 rings (SSSR count). The van der Waals surface area contributed by atoms with Gasteiger partial charge in [0.1, 0.15) is 19.5 Å². The minimum Gasteiger partial charge on any atom is -0.486 e. The van der Waals surface area contributed by atoms with E-state index in [-0.39, 0.29) is 0 Å². The van der Waals surface area contributed by atoms with Crippen molar-refractivity contribution in [2.24, 2.45) is 7.05 Å². The van der Waals surface area contributed by atoms with Gasteiger partial charge >= 0.3 is 0 Å². The molecule has 21 heavy (non-hydrogen) atoms. The summed E-state index contributed by atoms with van der Waals surface area (Å²) in [5, 5.41) is 4.26. The number of aryl methyl sites for hydroxylation is 1. The Bertz CT molecular complexity index is 695. The van der Waals surface area contributed by atoms with E-state index in [0.29, 0.717) is 24.7 Å². The highest BCUT2D eigenvalue weighted by atomic mass is 32.1. The van der Waals surface area contributed by atoms with Gasteiger partial charge in [-0.1, -0.05) is 6.07 Å². The molecule has 0 unspecified atom stereocenters. The monoisotopic (exact) mass is 306 g/mol. The average molecular weight is 306 g/mol. The molecule has 2 heterocycles. The van der Waals surface area contributed by atoms with E-state index in [9.17, 15) is 0 Å². The molecule has 2 aromatic rings. The smallest absolute Gasteiger partial charge is 0.198 e. The number of hydrogen-bond donors (Lipinski definition) is 0. The van der Waals surface area contributed by atoms with Crippen molar-refractivity contribution in [2.75, 3.05) is 20.3 Å². The summed E-state index contributed by atoms with van der Waals surface area (Å²) in [7, 11) is 3.93. The van der Waals surface area contributed by atoms with Crippen LogP contribution in [0, 0.1) is 4.77 Å². The first kappa shape index (κ1) is 14.1. The molecule has 0 saturated heterocycles. The number of rotatable bonds is 4. The van der Waals surface area contributed by atoms with Crippen molar-refractivity contribution < 1.29 is 9.47 Å². The predicted molar refractivity (Wildman–Crippen MR) is 80.9 cm³/mol. The number of ether oxygens (including phenoxy) is 2. The summed E-state index contributed by atoms with van der Waals surface area (Å²) >= 11 is 5.29. The zero-order valence-corrected chi connectivity index (χ0v) is 13.0. The number of aromatic nitrogens is 3. The van der Waals surface area contributed by atoms with Gasteiger partial charge < -0.3 is 14.0 Å². The molecule has 0 saturated carbocycles. The van der Waals surface area contributed by atoms with Crippen LogP contribution in [0.4, 0.5) is 0 Å². The van der Waals surface area contributed by atoms with Gasteiger partial charge in [0.25, 0.3) is 0 Å². The molecule has 0 bridgehead atoms. The molecule has 1 aromatic carbocycles. The van der Waals surface area contributed by atoms with Gasteiger partial charge in [0.2, 0.25) is 0 Å². The quantitative estimate of drug-likeness (QED) is 0.806. The van der Waals surface area contributed by atoms with Crippen molar-refractivity contribution in [3.8, 4) is 11.5 Å². The van der Waals surface area contributed by atoms with Crippen LogP contribution in [0.1, 0.15) is 5.56 Å². The fraction of sp³-hybridized carbons (Fsp3) is 0.429. The van der Waals surface area contributed by atoms with Crippen molar-refractivity contribution in [3.63, 3.8) is 0 Å². The molecular weight excluding hydrogens is 288 g/mol. The lowest BCUT2D eigenvalue weighted by Gasteiger charge is -2.21. The van der Waals surface area contributed by atoms with Crippen LogP contribution in [0.5, 0.6) is 11.5 Å². The van der Waals surface area contributed by atoms with Gasteiger partial charge in [-0.25, -0.2) is 4.68 Å². The fourth-order valence-electron chi connectivity index (χ4n) is 2.29. The minimum absolute atomic E-state index is 0.607. The van der Waals surface area contributed by atoms with Gasteiger partial charge in [0, 0.05) is 13.6 Å². The summed E-state index contributed by atoms with van der Waals surface area (Å²) in [6.45, 7) is 2.66. The normalized spacial score (nSPS) is 13.7. The summed E-state index contributed by atoms with van der Waals surface area (Å²) in [6.07, 6.45) is 1.72. The number of benzene rings is 1. The Morgan fingerprint density at radius 2 is 2.05 bits per heavy atom. The molecule has 0 atom stereocenters. The van der Waals surface area contributed by atoms with Crippen LogP contribution in [0.2, 0.25) is 0 Å². The van der Waals surface area contributed by atoms with Gasteiger partial charge in [-0.2, -0.15) is 5.10 Å². The third-order valence-electron chi connectivity index (χ3n) is 3.32. The van der Waals surface area contributed by atoms with E-state index in [0.717, 1.165) is 18.0 Å². The van der Waals surface area contributed by atoms with E-state index in [4.69, 9.17) is 21.7 Å². The summed E-state index contributed by atoms with van der Waals surface area (Å²) in [4.78, 5) is 2.15. The minimum atomic E-state index is 0.607. The third-order valence-corrected chi connectivity index (χ3v) is 3.82. The lowest BCUT2D eigenvalue weighted by molar-refractivity contribution is 0.171. The summed E-state index contributed by atoms with van der Waals surface area (Å²) < 4.78 is 15.5. The van der Waals surface area contributed by atoms with E-state index >= 15 is 0 Å². The van der Waals surface area contributed by atoms with Crippen molar-refractivity contribution in [1.82, 2.24) is 19.2 Å². The van der Waals surface area contributed by atoms with E-state index in [2.05, 4.69) is 16.1 Å². The summed E-state index contributed by atoms with van der Waals surface area (Å²) in [5.41, 5.74) is 1.17. The Balaban J connectivity index is 1.68. The largest absolute Gasteiger partial charge is 0.486 e.